The number of carbonyl (C=O) groups excluding carboxylic acids is 1. The van der Waals surface area contributed by atoms with Crippen molar-refractivity contribution in [1.29, 1.82) is 0 Å². The van der Waals surface area contributed by atoms with E-state index >= 15 is 0 Å². The molecular weight excluding hydrogens is 536 g/mol. The van der Waals surface area contributed by atoms with Gasteiger partial charge in [0, 0.05) is 49.7 Å². The minimum atomic E-state index is -3.85. The Kier molecular flexibility index (Phi) is 7.38. The maximum Gasteiger partial charge on any atom is 0.310 e. The molecule has 0 aliphatic carbocycles. The number of aromatic amines is 1. The highest BCUT2D eigenvalue weighted by Crippen LogP contribution is 2.29. The van der Waals surface area contributed by atoms with E-state index in [4.69, 9.17) is 0 Å². The molecule has 1 saturated heterocycles. The van der Waals surface area contributed by atoms with Gasteiger partial charge in [-0.3, -0.25) is 19.2 Å². The molecule has 0 bridgehead atoms. The van der Waals surface area contributed by atoms with Gasteiger partial charge in [0.25, 0.3) is 15.9 Å². The molecule has 0 unspecified atom stereocenters. The number of nitrogens with one attached hydrogen (secondary N) is 1. The zero-order valence-electron chi connectivity index (χ0n) is 21.3. The SMILES string of the molecule is O=C(c1ccc([N+](=O)[O-])c(O)c1)N1CCN(c2ccc(N(Cc3cnc[nH]3)S(=O)(=O)c3ccccc3)cc2)CC1. The van der Waals surface area contributed by atoms with E-state index in [9.17, 15) is 28.4 Å². The number of aromatic nitrogens is 2. The van der Waals surface area contributed by atoms with Crippen LogP contribution in [0.25, 0.3) is 0 Å². The molecule has 4 aromatic rings. The largest absolute Gasteiger partial charge is 0.502 e. The van der Waals surface area contributed by atoms with Crippen LogP contribution in [0.4, 0.5) is 17.1 Å². The molecule has 2 heterocycles. The summed E-state index contributed by atoms with van der Waals surface area (Å²) >= 11 is 0. The molecule has 1 aliphatic rings. The Labute approximate surface area is 230 Å². The molecule has 3 aromatic carbocycles. The highest BCUT2D eigenvalue weighted by atomic mass is 32.2. The Morgan fingerprint density at radius 1 is 1.02 bits per heavy atom. The van der Waals surface area contributed by atoms with Gasteiger partial charge >= 0.3 is 5.69 Å². The maximum atomic E-state index is 13.5. The lowest BCUT2D eigenvalue weighted by Crippen LogP contribution is -2.48. The second kappa shape index (κ2) is 11.1. The number of nitro groups is 1. The minimum absolute atomic E-state index is 0.0789. The summed E-state index contributed by atoms with van der Waals surface area (Å²) in [6.07, 6.45) is 3.08. The van der Waals surface area contributed by atoms with Crippen LogP contribution in [0.2, 0.25) is 0 Å². The molecule has 12 nitrogen and oxygen atoms in total. The van der Waals surface area contributed by atoms with Crippen LogP contribution in [-0.2, 0) is 16.6 Å². The van der Waals surface area contributed by atoms with E-state index in [0.29, 0.717) is 37.6 Å². The maximum absolute atomic E-state index is 13.5. The summed E-state index contributed by atoms with van der Waals surface area (Å²) in [5.74, 6) is -0.869. The number of phenols is 1. The van der Waals surface area contributed by atoms with Crippen molar-refractivity contribution in [2.75, 3.05) is 35.4 Å². The number of rotatable bonds is 8. The number of imidazole rings is 1. The third-order valence-electron chi connectivity index (χ3n) is 6.69. The van der Waals surface area contributed by atoms with E-state index in [1.54, 1.807) is 53.6 Å². The average Bonchev–Trinajstić information content (AvgIpc) is 3.49. The number of hydrogen-bond acceptors (Lipinski definition) is 8. The monoisotopic (exact) mass is 562 g/mol. The van der Waals surface area contributed by atoms with Gasteiger partial charge < -0.3 is 19.9 Å². The first-order valence-corrected chi connectivity index (χ1v) is 13.8. The zero-order chi connectivity index (χ0) is 28.3. The summed E-state index contributed by atoms with van der Waals surface area (Å²) in [5.41, 5.74) is 1.74. The third kappa shape index (κ3) is 5.45. The quantitative estimate of drug-likeness (QED) is 0.245. The number of carbonyl (C=O) groups is 1. The first-order valence-electron chi connectivity index (χ1n) is 12.4. The molecule has 1 amide bonds. The van der Waals surface area contributed by atoms with Crippen LogP contribution in [0.5, 0.6) is 5.75 Å². The van der Waals surface area contributed by atoms with E-state index in [1.807, 2.05) is 12.1 Å². The number of anilines is 2. The van der Waals surface area contributed by atoms with Crippen molar-refractivity contribution in [3.05, 3.63) is 107 Å². The molecular formula is C27H26N6O6S. The van der Waals surface area contributed by atoms with E-state index < -0.39 is 26.4 Å². The smallest absolute Gasteiger partial charge is 0.310 e. The fraction of sp³-hybridized carbons (Fsp3) is 0.185. The minimum Gasteiger partial charge on any atom is -0.502 e. The molecule has 1 aliphatic heterocycles. The molecule has 5 rings (SSSR count). The molecule has 206 valence electrons. The Hall–Kier alpha value is -4.91. The van der Waals surface area contributed by atoms with Gasteiger partial charge in [-0.05, 0) is 48.5 Å². The molecule has 0 atom stereocenters. The van der Waals surface area contributed by atoms with E-state index in [2.05, 4.69) is 14.9 Å². The number of sulfonamides is 1. The topological polar surface area (TPSA) is 153 Å². The van der Waals surface area contributed by atoms with Crippen molar-refractivity contribution in [1.82, 2.24) is 14.9 Å². The summed E-state index contributed by atoms with van der Waals surface area (Å²) in [7, 11) is -3.85. The van der Waals surface area contributed by atoms with Crippen LogP contribution in [0.1, 0.15) is 16.1 Å². The summed E-state index contributed by atoms with van der Waals surface area (Å²) in [6.45, 7) is 1.96. The molecule has 13 heteroatoms. The lowest BCUT2D eigenvalue weighted by atomic mass is 10.1. The lowest BCUT2D eigenvalue weighted by Gasteiger charge is -2.36. The number of aromatic hydroxyl groups is 1. The van der Waals surface area contributed by atoms with Gasteiger partial charge in [-0.2, -0.15) is 0 Å². The van der Waals surface area contributed by atoms with Crippen molar-refractivity contribution in [2.24, 2.45) is 0 Å². The first kappa shape index (κ1) is 26.7. The fourth-order valence-corrected chi connectivity index (χ4v) is 6.02. The first-order chi connectivity index (χ1) is 19.2. The van der Waals surface area contributed by atoms with Gasteiger partial charge in [0.05, 0.1) is 34.1 Å². The van der Waals surface area contributed by atoms with Crippen molar-refractivity contribution in [2.45, 2.75) is 11.4 Å². The van der Waals surface area contributed by atoms with Gasteiger partial charge in [0.15, 0.2) is 5.75 Å². The Balaban J connectivity index is 1.29. The van der Waals surface area contributed by atoms with Crippen LogP contribution in [0.3, 0.4) is 0 Å². The van der Waals surface area contributed by atoms with E-state index in [0.717, 1.165) is 17.8 Å². The van der Waals surface area contributed by atoms with Gasteiger partial charge in [0.1, 0.15) is 0 Å². The number of phenolic OH excluding ortho intramolecular Hbond substituents is 1. The predicted octanol–water partition coefficient (Wildman–Crippen LogP) is 3.38. The molecule has 0 spiro atoms. The highest BCUT2D eigenvalue weighted by molar-refractivity contribution is 7.92. The van der Waals surface area contributed by atoms with Crippen LogP contribution in [-0.4, -0.2) is 65.4 Å². The van der Waals surface area contributed by atoms with E-state index in [1.165, 1.54) is 16.7 Å². The van der Waals surface area contributed by atoms with Gasteiger partial charge in [-0.1, -0.05) is 18.2 Å². The van der Waals surface area contributed by atoms with Crippen molar-refractivity contribution in [3.8, 4) is 5.75 Å². The number of H-pyrrole nitrogens is 1. The Morgan fingerprint density at radius 2 is 1.73 bits per heavy atom. The normalized spacial score (nSPS) is 13.7. The second-order valence-electron chi connectivity index (χ2n) is 9.16. The molecule has 0 radical (unpaired) electrons. The number of hydrogen-bond donors (Lipinski definition) is 2. The van der Waals surface area contributed by atoms with Crippen molar-refractivity contribution >= 4 is 33.0 Å². The summed E-state index contributed by atoms with van der Waals surface area (Å²) in [4.78, 5) is 34.0. The Bertz CT molecular complexity index is 1600. The van der Waals surface area contributed by atoms with Crippen molar-refractivity contribution < 1.29 is 23.2 Å². The average molecular weight is 563 g/mol. The van der Waals surface area contributed by atoms with Crippen LogP contribution in [0.15, 0.2) is 90.2 Å². The summed E-state index contributed by atoms with van der Waals surface area (Å²) < 4.78 is 28.4. The third-order valence-corrected chi connectivity index (χ3v) is 8.48. The number of amides is 1. The standard InChI is InChI=1S/C27H26N6O6S/c34-26-16-20(6-11-25(26)33(36)37)27(35)31-14-12-30(13-15-31)22-7-9-23(10-8-22)32(18-21-17-28-19-29-21)40(38,39)24-4-2-1-3-5-24/h1-11,16-17,19,34H,12-15,18H2,(H,28,29). The van der Waals surface area contributed by atoms with Crippen LogP contribution >= 0.6 is 0 Å². The van der Waals surface area contributed by atoms with E-state index in [-0.39, 0.29) is 22.9 Å². The molecule has 1 fully saturated rings. The number of nitro benzene ring substituents is 1. The predicted molar refractivity (Wildman–Crippen MR) is 148 cm³/mol. The molecule has 0 saturated carbocycles. The summed E-state index contributed by atoms with van der Waals surface area (Å²) in [6, 6.07) is 19.0. The molecule has 40 heavy (non-hydrogen) atoms. The Morgan fingerprint density at radius 3 is 2.33 bits per heavy atom. The van der Waals surface area contributed by atoms with Crippen molar-refractivity contribution in [3.63, 3.8) is 0 Å². The summed E-state index contributed by atoms with van der Waals surface area (Å²) in [5, 5.41) is 20.8. The van der Waals surface area contributed by atoms with Gasteiger partial charge in [0.2, 0.25) is 0 Å². The highest BCUT2D eigenvalue weighted by Gasteiger charge is 2.27. The van der Waals surface area contributed by atoms with Gasteiger partial charge in [-0.25, -0.2) is 13.4 Å². The molecule has 1 aromatic heterocycles. The van der Waals surface area contributed by atoms with Crippen LogP contribution < -0.4 is 9.21 Å². The molecule has 2 N–H and O–H groups in total. The fourth-order valence-electron chi connectivity index (χ4n) is 4.55. The number of piperazine rings is 1. The zero-order valence-corrected chi connectivity index (χ0v) is 22.1. The second-order valence-corrected chi connectivity index (χ2v) is 11.0. The number of benzene rings is 3. The lowest BCUT2D eigenvalue weighted by molar-refractivity contribution is -0.385. The van der Waals surface area contributed by atoms with Crippen LogP contribution in [0, 0.1) is 10.1 Å². The number of nitrogens with zero attached hydrogens (tertiary/aromatic N) is 5. The van der Waals surface area contributed by atoms with Gasteiger partial charge in [-0.15, -0.1) is 0 Å².